The molecule has 1 aliphatic heterocycles. The summed E-state index contributed by atoms with van der Waals surface area (Å²) in [6.45, 7) is 4.19. The molecule has 1 aliphatic rings. The van der Waals surface area contributed by atoms with E-state index in [0.717, 1.165) is 24.2 Å². The van der Waals surface area contributed by atoms with Crippen LogP contribution in [-0.4, -0.2) is 36.0 Å². The van der Waals surface area contributed by atoms with Crippen molar-refractivity contribution in [1.29, 1.82) is 0 Å². The van der Waals surface area contributed by atoms with Crippen LogP contribution in [0, 0.1) is 0 Å². The minimum Gasteiger partial charge on any atom is -0.462 e. The Morgan fingerprint density at radius 1 is 1.29 bits per heavy atom. The maximum Gasteiger partial charge on any atom is 0.330 e. The highest BCUT2D eigenvalue weighted by atomic mass is 33.1. The van der Waals surface area contributed by atoms with Crippen LogP contribution >= 0.6 is 21.6 Å². The van der Waals surface area contributed by atoms with Crippen LogP contribution in [0.5, 0.6) is 0 Å². The summed E-state index contributed by atoms with van der Waals surface area (Å²) in [7, 11) is 4.00. The number of hydrogen-bond acceptors (Lipinski definition) is 5. The molecule has 0 aromatic rings. The second kappa shape index (κ2) is 12.0. The maximum atomic E-state index is 11.6. The lowest BCUT2D eigenvalue weighted by molar-refractivity contribution is -0.137. The molecule has 0 bridgehead atoms. The first kappa shape index (κ1) is 18.4. The highest BCUT2D eigenvalue weighted by Crippen LogP contribution is 2.39. The highest BCUT2D eigenvalue weighted by molar-refractivity contribution is 8.77. The van der Waals surface area contributed by atoms with Crippen molar-refractivity contribution in [3.63, 3.8) is 0 Å². The van der Waals surface area contributed by atoms with E-state index in [2.05, 4.69) is 11.9 Å². The third-order valence-corrected chi connectivity index (χ3v) is 6.22. The van der Waals surface area contributed by atoms with Crippen LogP contribution < -0.4 is 5.32 Å². The van der Waals surface area contributed by atoms with Gasteiger partial charge in [0.2, 0.25) is 5.91 Å². The number of rotatable bonds is 11. The molecule has 4 nitrogen and oxygen atoms in total. The van der Waals surface area contributed by atoms with Crippen LogP contribution in [0.4, 0.5) is 0 Å². The lowest BCUT2D eigenvalue weighted by Crippen LogP contribution is -2.25. The fourth-order valence-electron chi connectivity index (χ4n) is 2.02. The first-order valence-corrected chi connectivity index (χ1v) is 9.94. The Kier molecular flexibility index (Phi) is 10.5. The van der Waals surface area contributed by atoms with E-state index < -0.39 is 5.97 Å². The quantitative estimate of drug-likeness (QED) is 0.272. The lowest BCUT2D eigenvalue weighted by Gasteiger charge is -2.07. The summed E-state index contributed by atoms with van der Waals surface area (Å²) in [5.41, 5.74) is 0. The second-order valence-corrected chi connectivity index (χ2v) is 7.79. The second-order valence-electron chi connectivity index (χ2n) is 5.00. The molecule has 0 aromatic heterocycles. The van der Waals surface area contributed by atoms with Gasteiger partial charge in [-0.25, -0.2) is 4.79 Å². The molecule has 1 heterocycles. The Morgan fingerprint density at radius 2 is 2.14 bits per heavy atom. The SMILES string of the molecule is C=CC(=O)OCCCNC(=O)CCCCCC1CCSS1. The monoisotopic (exact) mass is 331 g/mol. The van der Waals surface area contributed by atoms with E-state index in [4.69, 9.17) is 4.74 Å². The van der Waals surface area contributed by atoms with Gasteiger partial charge in [0, 0.05) is 30.0 Å². The Morgan fingerprint density at radius 3 is 2.86 bits per heavy atom. The Balaban J connectivity index is 1.84. The van der Waals surface area contributed by atoms with Gasteiger partial charge in [-0.2, -0.15) is 0 Å². The molecule has 6 heteroatoms. The number of ether oxygens (including phenoxy) is 1. The van der Waals surface area contributed by atoms with Crippen LogP contribution in [0.25, 0.3) is 0 Å². The van der Waals surface area contributed by atoms with E-state index in [0.29, 0.717) is 26.0 Å². The maximum absolute atomic E-state index is 11.6. The van der Waals surface area contributed by atoms with Gasteiger partial charge in [0.15, 0.2) is 0 Å². The Hall–Kier alpha value is -0.620. The van der Waals surface area contributed by atoms with Gasteiger partial charge in [-0.05, 0) is 25.7 Å². The minimum atomic E-state index is -0.417. The molecule has 0 radical (unpaired) electrons. The Labute approximate surface area is 135 Å². The number of esters is 1. The smallest absolute Gasteiger partial charge is 0.330 e. The van der Waals surface area contributed by atoms with Crippen molar-refractivity contribution in [2.24, 2.45) is 0 Å². The van der Waals surface area contributed by atoms with Crippen LogP contribution in [-0.2, 0) is 14.3 Å². The summed E-state index contributed by atoms with van der Waals surface area (Å²) >= 11 is 0. The number of carbonyl (C=O) groups excluding carboxylic acids is 2. The summed E-state index contributed by atoms with van der Waals surface area (Å²) in [4.78, 5) is 22.3. The molecule has 1 unspecified atom stereocenters. The zero-order chi connectivity index (χ0) is 15.3. The molecule has 1 N–H and O–H groups in total. The van der Waals surface area contributed by atoms with Gasteiger partial charge in [0.1, 0.15) is 0 Å². The zero-order valence-electron chi connectivity index (χ0n) is 12.5. The molecule has 1 fully saturated rings. The third kappa shape index (κ3) is 9.85. The minimum absolute atomic E-state index is 0.0934. The molecule has 1 atom stereocenters. The van der Waals surface area contributed by atoms with Crippen LogP contribution in [0.2, 0.25) is 0 Å². The van der Waals surface area contributed by atoms with Gasteiger partial charge in [-0.3, -0.25) is 4.79 Å². The highest BCUT2D eigenvalue weighted by Gasteiger charge is 2.15. The van der Waals surface area contributed by atoms with Crippen molar-refractivity contribution in [2.45, 2.75) is 50.2 Å². The zero-order valence-corrected chi connectivity index (χ0v) is 14.1. The Bertz CT molecular complexity index is 331. The first-order valence-electron chi connectivity index (χ1n) is 7.56. The molecule has 120 valence electrons. The fourth-order valence-corrected chi connectivity index (χ4v) is 5.05. The van der Waals surface area contributed by atoms with Crippen molar-refractivity contribution in [1.82, 2.24) is 5.32 Å². The van der Waals surface area contributed by atoms with E-state index >= 15 is 0 Å². The van der Waals surface area contributed by atoms with Crippen molar-refractivity contribution < 1.29 is 14.3 Å². The third-order valence-electron chi connectivity index (χ3n) is 3.21. The predicted octanol–water partition coefficient (Wildman–Crippen LogP) is 3.33. The molecular formula is C15H25NO3S2. The number of nitrogens with one attached hydrogen (secondary N) is 1. The standard InChI is InChI=1S/C15H25NO3S2/c1-2-15(18)19-11-6-10-16-14(17)8-5-3-4-7-13-9-12-20-21-13/h2,13H,1,3-12H2,(H,16,17). The van der Waals surface area contributed by atoms with Crippen molar-refractivity contribution in [2.75, 3.05) is 18.9 Å². The van der Waals surface area contributed by atoms with Crippen LogP contribution in [0.15, 0.2) is 12.7 Å². The average molecular weight is 332 g/mol. The predicted molar refractivity (Wildman–Crippen MR) is 90.3 cm³/mol. The first-order chi connectivity index (χ1) is 10.2. The molecule has 0 saturated carbocycles. The van der Waals surface area contributed by atoms with Crippen LogP contribution in [0.1, 0.15) is 44.9 Å². The molecule has 0 aromatic carbocycles. The topological polar surface area (TPSA) is 55.4 Å². The number of hydrogen-bond donors (Lipinski definition) is 1. The van der Waals surface area contributed by atoms with E-state index in [1.165, 1.54) is 25.0 Å². The number of unbranched alkanes of at least 4 members (excludes halogenated alkanes) is 2. The number of amides is 1. The molecule has 0 aliphatic carbocycles. The van der Waals surface area contributed by atoms with E-state index in [1.807, 2.05) is 21.6 Å². The summed E-state index contributed by atoms with van der Waals surface area (Å²) in [5.74, 6) is 0.968. The number of carbonyl (C=O) groups is 2. The molecular weight excluding hydrogens is 306 g/mol. The summed E-state index contributed by atoms with van der Waals surface area (Å²) in [6.07, 6.45) is 8.32. The van der Waals surface area contributed by atoms with Crippen molar-refractivity contribution >= 4 is 33.5 Å². The van der Waals surface area contributed by atoms with E-state index in [9.17, 15) is 9.59 Å². The normalized spacial score (nSPS) is 17.4. The largest absolute Gasteiger partial charge is 0.462 e. The van der Waals surface area contributed by atoms with Gasteiger partial charge in [0.05, 0.1) is 6.61 Å². The van der Waals surface area contributed by atoms with E-state index in [1.54, 1.807) is 0 Å². The van der Waals surface area contributed by atoms with Gasteiger partial charge in [0.25, 0.3) is 0 Å². The van der Waals surface area contributed by atoms with Gasteiger partial charge < -0.3 is 10.1 Å². The summed E-state index contributed by atoms with van der Waals surface area (Å²) in [6, 6.07) is 0. The van der Waals surface area contributed by atoms with Gasteiger partial charge in [-0.1, -0.05) is 41.0 Å². The van der Waals surface area contributed by atoms with Gasteiger partial charge in [-0.15, -0.1) is 0 Å². The molecule has 1 rings (SSSR count). The fraction of sp³-hybridized carbons (Fsp3) is 0.733. The molecule has 0 spiro atoms. The van der Waals surface area contributed by atoms with Crippen molar-refractivity contribution in [3.05, 3.63) is 12.7 Å². The molecule has 1 amide bonds. The lowest BCUT2D eigenvalue weighted by atomic mass is 10.1. The molecule has 21 heavy (non-hydrogen) atoms. The van der Waals surface area contributed by atoms with E-state index in [-0.39, 0.29) is 5.91 Å². The summed E-state index contributed by atoms with van der Waals surface area (Å²) < 4.78 is 4.82. The average Bonchev–Trinajstić information content (AvgIpc) is 2.99. The van der Waals surface area contributed by atoms with Crippen molar-refractivity contribution in [3.8, 4) is 0 Å². The summed E-state index contributed by atoms with van der Waals surface area (Å²) in [5, 5.41) is 3.68. The molecule has 1 saturated heterocycles. The van der Waals surface area contributed by atoms with Gasteiger partial charge >= 0.3 is 5.97 Å². The van der Waals surface area contributed by atoms with Crippen LogP contribution in [0.3, 0.4) is 0 Å².